The molecular weight excluding hydrogens is 304 g/mol. The topological polar surface area (TPSA) is 50.8 Å². The maximum absolute atomic E-state index is 12.7. The minimum atomic E-state index is -0.169. The second-order valence-corrected chi connectivity index (χ2v) is 5.70. The Hall–Kier alpha value is -2.69. The largest absolute Gasteiger partial charge is 0.497 e. The third kappa shape index (κ3) is 4.41. The molecule has 0 radical (unpaired) electrons. The summed E-state index contributed by atoms with van der Waals surface area (Å²) < 4.78 is 10.5. The summed E-state index contributed by atoms with van der Waals surface area (Å²) in [7, 11) is 3.15. The van der Waals surface area contributed by atoms with Gasteiger partial charge in [0.15, 0.2) is 0 Å². The number of hydrogen-bond acceptors (Lipinski definition) is 3. The molecule has 2 aromatic carbocycles. The quantitative estimate of drug-likeness (QED) is 0.867. The van der Waals surface area contributed by atoms with Gasteiger partial charge in [0.1, 0.15) is 11.5 Å². The molecule has 0 fully saturated rings. The van der Waals surface area contributed by atoms with E-state index in [1.54, 1.807) is 37.3 Å². The van der Waals surface area contributed by atoms with Gasteiger partial charge in [0.05, 0.1) is 19.9 Å². The monoisotopic (exact) mass is 328 g/mol. The molecule has 2 rings (SSSR count). The zero-order valence-electron chi connectivity index (χ0n) is 14.6. The minimum Gasteiger partial charge on any atom is -0.497 e. The van der Waals surface area contributed by atoms with Crippen molar-refractivity contribution in [2.75, 3.05) is 19.5 Å². The zero-order chi connectivity index (χ0) is 17.5. The molecule has 0 aliphatic rings. The third-order valence-electron chi connectivity index (χ3n) is 3.73. The fourth-order valence-electron chi connectivity index (χ4n) is 2.36. The van der Waals surface area contributed by atoms with Crippen LogP contribution in [0.15, 0.2) is 48.5 Å². The van der Waals surface area contributed by atoms with Gasteiger partial charge in [0, 0.05) is 18.7 Å². The first-order chi connectivity index (χ1) is 11.5. The maximum Gasteiger partial charge on any atom is 0.322 e. The van der Waals surface area contributed by atoms with Crippen molar-refractivity contribution in [2.24, 2.45) is 0 Å². The van der Waals surface area contributed by atoms with Gasteiger partial charge in [-0.05, 0) is 31.5 Å². The summed E-state index contributed by atoms with van der Waals surface area (Å²) in [5, 5.41) is 2.92. The van der Waals surface area contributed by atoms with Crippen molar-refractivity contribution in [3.05, 3.63) is 54.1 Å². The summed E-state index contributed by atoms with van der Waals surface area (Å²) in [5.41, 5.74) is 1.70. The molecule has 2 amide bonds. The average Bonchev–Trinajstić information content (AvgIpc) is 2.60. The van der Waals surface area contributed by atoms with Gasteiger partial charge < -0.3 is 19.7 Å². The molecule has 0 spiro atoms. The summed E-state index contributed by atoms with van der Waals surface area (Å²) >= 11 is 0. The molecular formula is C19H24N2O3. The van der Waals surface area contributed by atoms with E-state index in [4.69, 9.17) is 9.47 Å². The predicted octanol–water partition coefficient (Wildman–Crippen LogP) is 4.15. The Morgan fingerprint density at radius 3 is 2.38 bits per heavy atom. The molecule has 0 bridgehead atoms. The number of nitrogens with zero attached hydrogens (tertiary/aromatic N) is 1. The molecule has 128 valence electrons. The summed E-state index contributed by atoms with van der Waals surface area (Å²) in [5.74, 6) is 1.24. The Morgan fingerprint density at radius 2 is 1.79 bits per heavy atom. The minimum absolute atomic E-state index is 0.0643. The molecule has 0 heterocycles. The molecule has 0 atom stereocenters. The number of methoxy groups -OCH3 is 2. The fourth-order valence-corrected chi connectivity index (χ4v) is 2.36. The first-order valence-electron chi connectivity index (χ1n) is 7.88. The number of hydrogen-bond donors (Lipinski definition) is 1. The Kier molecular flexibility index (Phi) is 6.07. The average molecular weight is 328 g/mol. The van der Waals surface area contributed by atoms with Crippen molar-refractivity contribution in [2.45, 2.75) is 26.4 Å². The van der Waals surface area contributed by atoms with Crippen LogP contribution in [0.4, 0.5) is 10.5 Å². The first kappa shape index (κ1) is 17.7. The van der Waals surface area contributed by atoms with Crippen molar-refractivity contribution in [3.63, 3.8) is 0 Å². The summed E-state index contributed by atoms with van der Waals surface area (Å²) in [6.45, 7) is 4.53. The second-order valence-electron chi connectivity index (χ2n) is 5.70. The summed E-state index contributed by atoms with van der Waals surface area (Å²) in [6, 6.07) is 15.1. The SMILES string of the molecule is COc1ccc(NC(=O)N(Cc2ccccc2)C(C)C)c(OC)c1. The number of rotatable bonds is 6. The molecule has 0 aliphatic carbocycles. The van der Waals surface area contributed by atoms with E-state index in [1.165, 1.54) is 0 Å². The highest BCUT2D eigenvalue weighted by Gasteiger charge is 2.19. The lowest BCUT2D eigenvalue weighted by Gasteiger charge is -2.27. The summed E-state index contributed by atoms with van der Waals surface area (Å²) in [4.78, 5) is 14.5. The fraction of sp³-hybridized carbons (Fsp3) is 0.316. The van der Waals surface area contributed by atoms with Crippen molar-refractivity contribution >= 4 is 11.7 Å². The number of anilines is 1. The number of amides is 2. The van der Waals surface area contributed by atoms with Crippen molar-refractivity contribution < 1.29 is 14.3 Å². The van der Waals surface area contributed by atoms with Crippen LogP contribution in [0.1, 0.15) is 19.4 Å². The van der Waals surface area contributed by atoms with Gasteiger partial charge >= 0.3 is 6.03 Å². The highest BCUT2D eigenvalue weighted by atomic mass is 16.5. The van der Waals surface area contributed by atoms with Crippen LogP contribution in [-0.4, -0.2) is 31.2 Å². The Morgan fingerprint density at radius 1 is 1.08 bits per heavy atom. The van der Waals surface area contributed by atoms with Crippen molar-refractivity contribution in [1.29, 1.82) is 0 Å². The molecule has 0 saturated heterocycles. The molecule has 2 aromatic rings. The predicted molar refractivity (Wildman–Crippen MR) is 95.7 cm³/mol. The van der Waals surface area contributed by atoms with Gasteiger partial charge in [-0.25, -0.2) is 4.79 Å². The van der Waals surface area contributed by atoms with E-state index in [0.29, 0.717) is 23.7 Å². The van der Waals surface area contributed by atoms with E-state index in [9.17, 15) is 4.79 Å². The number of carbonyl (C=O) groups excluding carboxylic acids is 1. The molecule has 0 aromatic heterocycles. The molecule has 24 heavy (non-hydrogen) atoms. The lowest BCUT2D eigenvalue weighted by Crippen LogP contribution is -2.39. The van der Waals surface area contributed by atoms with E-state index >= 15 is 0 Å². The van der Waals surface area contributed by atoms with Crippen LogP contribution in [-0.2, 0) is 6.54 Å². The molecule has 0 unspecified atom stereocenters. The van der Waals surface area contributed by atoms with Crippen molar-refractivity contribution in [3.8, 4) is 11.5 Å². The smallest absolute Gasteiger partial charge is 0.322 e. The second kappa shape index (κ2) is 8.24. The lowest BCUT2D eigenvalue weighted by atomic mass is 10.2. The molecule has 0 saturated carbocycles. The van der Waals surface area contributed by atoms with Gasteiger partial charge in [-0.2, -0.15) is 0 Å². The van der Waals surface area contributed by atoms with Crippen LogP contribution in [0.2, 0.25) is 0 Å². The van der Waals surface area contributed by atoms with Crippen molar-refractivity contribution in [1.82, 2.24) is 4.90 Å². The maximum atomic E-state index is 12.7. The number of benzene rings is 2. The summed E-state index contributed by atoms with van der Waals surface area (Å²) in [6.07, 6.45) is 0. The van der Waals surface area contributed by atoms with Gasteiger partial charge in [-0.3, -0.25) is 0 Å². The number of urea groups is 1. The van der Waals surface area contributed by atoms with Gasteiger partial charge in [0.25, 0.3) is 0 Å². The number of nitrogens with one attached hydrogen (secondary N) is 1. The Bertz CT molecular complexity index is 672. The third-order valence-corrected chi connectivity index (χ3v) is 3.73. The standard InChI is InChI=1S/C19H24N2O3/c1-14(2)21(13-15-8-6-5-7-9-15)19(22)20-17-11-10-16(23-3)12-18(17)24-4/h5-12,14H,13H2,1-4H3,(H,20,22). The molecule has 5 nitrogen and oxygen atoms in total. The number of carbonyl (C=O) groups is 1. The van der Waals surface area contributed by atoms with Crippen LogP contribution in [0, 0.1) is 0 Å². The normalized spacial score (nSPS) is 10.4. The Balaban J connectivity index is 2.16. The van der Waals surface area contributed by atoms with E-state index in [1.807, 2.05) is 44.2 Å². The van der Waals surface area contributed by atoms with E-state index in [2.05, 4.69) is 5.32 Å². The highest BCUT2D eigenvalue weighted by Crippen LogP contribution is 2.29. The first-order valence-corrected chi connectivity index (χ1v) is 7.88. The van der Waals surface area contributed by atoms with E-state index < -0.39 is 0 Å². The Labute approximate surface area is 143 Å². The van der Waals surface area contributed by atoms with Crippen LogP contribution >= 0.6 is 0 Å². The number of ether oxygens (including phenoxy) is 2. The van der Waals surface area contributed by atoms with Crippen LogP contribution < -0.4 is 14.8 Å². The molecule has 5 heteroatoms. The molecule has 1 N–H and O–H groups in total. The van der Waals surface area contributed by atoms with Crippen LogP contribution in [0.3, 0.4) is 0 Å². The van der Waals surface area contributed by atoms with Crippen LogP contribution in [0.5, 0.6) is 11.5 Å². The van der Waals surface area contributed by atoms with E-state index in [-0.39, 0.29) is 12.1 Å². The van der Waals surface area contributed by atoms with Gasteiger partial charge in [-0.1, -0.05) is 30.3 Å². The lowest BCUT2D eigenvalue weighted by molar-refractivity contribution is 0.193. The van der Waals surface area contributed by atoms with Crippen LogP contribution in [0.25, 0.3) is 0 Å². The van der Waals surface area contributed by atoms with Gasteiger partial charge in [-0.15, -0.1) is 0 Å². The zero-order valence-corrected chi connectivity index (χ0v) is 14.6. The molecule has 0 aliphatic heterocycles. The highest BCUT2D eigenvalue weighted by molar-refractivity contribution is 5.91. The van der Waals surface area contributed by atoms with E-state index in [0.717, 1.165) is 5.56 Å². The van der Waals surface area contributed by atoms with Gasteiger partial charge in [0.2, 0.25) is 0 Å².